The van der Waals surface area contributed by atoms with Gasteiger partial charge >= 0.3 is 5.97 Å². The third-order valence-electron chi connectivity index (χ3n) is 8.01. The van der Waals surface area contributed by atoms with Crippen molar-refractivity contribution in [1.29, 1.82) is 0 Å². The van der Waals surface area contributed by atoms with Crippen molar-refractivity contribution in [3.8, 4) is 0 Å². The quantitative estimate of drug-likeness (QED) is 0.0215. The lowest BCUT2D eigenvalue weighted by atomic mass is 10.1. The molecule has 0 saturated heterocycles. The van der Waals surface area contributed by atoms with Crippen molar-refractivity contribution in [3.05, 3.63) is 24.3 Å². The molecular weight excluding hydrogens is 613 g/mol. The van der Waals surface area contributed by atoms with Crippen LogP contribution in [-0.4, -0.2) is 70.7 Å². The number of nitrogens with zero attached hydrogens (tertiary/aromatic N) is 1. The fourth-order valence-electron chi connectivity index (χ4n) is 4.99. The minimum atomic E-state index is -4.51. The molecule has 8 nitrogen and oxygen atoms in total. The van der Waals surface area contributed by atoms with E-state index in [9.17, 15) is 14.3 Å². The number of phosphoric acid groups is 1. The summed E-state index contributed by atoms with van der Waals surface area (Å²) in [6.07, 6.45) is 33.3. The normalized spacial score (nSPS) is 14.3. The Balaban J connectivity index is 4.24. The summed E-state index contributed by atoms with van der Waals surface area (Å²) in [5.74, 6) is -0.344. The number of quaternary nitrogens is 1. The van der Waals surface area contributed by atoms with Crippen LogP contribution in [0.1, 0.15) is 155 Å². The molecule has 0 rings (SSSR count). The summed E-state index contributed by atoms with van der Waals surface area (Å²) < 4.78 is 34.3. The molecule has 0 aromatic carbocycles. The second-order valence-electron chi connectivity index (χ2n) is 13.9. The van der Waals surface area contributed by atoms with Crippen LogP contribution < -0.4 is 4.89 Å². The summed E-state index contributed by atoms with van der Waals surface area (Å²) in [5, 5.41) is 0. The summed E-state index contributed by atoms with van der Waals surface area (Å²) in [7, 11) is 1.35. The van der Waals surface area contributed by atoms with E-state index in [0.717, 1.165) is 51.4 Å². The van der Waals surface area contributed by atoms with Crippen molar-refractivity contribution in [2.45, 2.75) is 161 Å². The molecule has 0 amide bonds. The predicted molar refractivity (Wildman–Crippen MR) is 194 cm³/mol. The summed E-state index contributed by atoms with van der Waals surface area (Å²) in [6.45, 7) is 5.33. The predicted octanol–water partition coefficient (Wildman–Crippen LogP) is 9.86. The molecule has 0 spiro atoms. The zero-order valence-corrected chi connectivity index (χ0v) is 32.1. The average Bonchev–Trinajstić information content (AvgIpc) is 3.01. The number of hydrogen-bond acceptors (Lipinski definition) is 7. The van der Waals surface area contributed by atoms with Crippen molar-refractivity contribution in [1.82, 2.24) is 0 Å². The van der Waals surface area contributed by atoms with Crippen molar-refractivity contribution < 1.29 is 37.3 Å². The molecule has 0 N–H and O–H groups in total. The van der Waals surface area contributed by atoms with Gasteiger partial charge in [-0.2, -0.15) is 0 Å². The number of carbonyl (C=O) groups is 1. The van der Waals surface area contributed by atoms with Crippen LogP contribution in [0, 0.1) is 0 Å². The number of ether oxygens (including phenoxy) is 2. The van der Waals surface area contributed by atoms with Gasteiger partial charge in [0.05, 0.1) is 34.4 Å². The lowest BCUT2D eigenvalue weighted by Crippen LogP contribution is -2.37. The Hall–Kier alpha value is -1.02. The number of unbranched alkanes of at least 4 members (excludes halogenated alkanes) is 17. The SMILES string of the molecule is CCCCCC/C=C\C/C=C\CCCCCCCCOCC(COP(=O)([O-])OCC[N+](C)(C)C)OC(=O)CCCCCCCCCC. The van der Waals surface area contributed by atoms with Crippen molar-refractivity contribution in [2.24, 2.45) is 0 Å². The molecule has 47 heavy (non-hydrogen) atoms. The van der Waals surface area contributed by atoms with Crippen LogP contribution in [0.2, 0.25) is 0 Å². The molecule has 0 heterocycles. The zero-order chi connectivity index (χ0) is 34.9. The smallest absolute Gasteiger partial charge is 0.306 e. The van der Waals surface area contributed by atoms with Crippen LogP contribution in [-0.2, 0) is 27.9 Å². The van der Waals surface area contributed by atoms with Gasteiger partial charge < -0.3 is 27.9 Å². The average molecular weight is 688 g/mol. The second kappa shape index (κ2) is 32.2. The van der Waals surface area contributed by atoms with Crippen molar-refractivity contribution in [2.75, 3.05) is 54.1 Å². The summed E-state index contributed by atoms with van der Waals surface area (Å²) in [6, 6.07) is 0. The van der Waals surface area contributed by atoms with Crippen LogP contribution in [0.4, 0.5) is 0 Å². The molecule has 0 aliphatic heterocycles. The molecule has 0 fully saturated rings. The zero-order valence-electron chi connectivity index (χ0n) is 31.2. The van der Waals surface area contributed by atoms with Crippen LogP contribution in [0.25, 0.3) is 0 Å². The topological polar surface area (TPSA) is 94.1 Å². The molecule has 0 aromatic rings. The molecule has 2 atom stereocenters. The van der Waals surface area contributed by atoms with Gasteiger partial charge in [-0.3, -0.25) is 9.36 Å². The lowest BCUT2D eigenvalue weighted by Gasteiger charge is -2.28. The molecular formula is C38H74NO7P. The second-order valence-corrected chi connectivity index (χ2v) is 15.4. The van der Waals surface area contributed by atoms with Gasteiger partial charge in [0.15, 0.2) is 0 Å². The molecule has 0 aromatic heterocycles. The number of esters is 1. The molecule has 0 bridgehead atoms. The Morgan fingerprint density at radius 1 is 0.660 bits per heavy atom. The number of hydrogen-bond donors (Lipinski definition) is 0. The first-order chi connectivity index (χ1) is 22.6. The van der Waals surface area contributed by atoms with Gasteiger partial charge in [-0.1, -0.05) is 128 Å². The number of carbonyl (C=O) groups excluding carboxylic acids is 1. The first-order valence-corrected chi connectivity index (χ1v) is 20.5. The first-order valence-electron chi connectivity index (χ1n) is 19.1. The highest BCUT2D eigenvalue weighted by molar-refractivity contribution is 7.45. The first kappa shape index (κ1) is 46.0. The molecule has 2 unspecified atom stereocenters. The van der Waals surface area contributed by atoms with E-state index < -0.39 is 13.9 Å². The third-order valence-corrected chi connectivity index (χ3v) is 8.97. The van der Waals surface area contributed by atoms with E-state index in [0.29, 0.717) is 24.1 Å². The van der Waals surface area contributed by atoms with Crippen LogP contribution in [0.3, 0.4) is 0 Å². The molecule has 0 radical (unpaired) electrons. The van der Waals surface area contributed by atoms with Crippen LogP contribution >= 0.6 is 7.82 Å². The third kappa shape index (κ3) is 36.1. The van der Waals surface area contributed by atoms with Gasteiger partial charge in [0, 0.05) is 13.0 Å². The maximum atomic E-state index is 12.5. The van der Waals surface area contributed by atoms with Gasteiger partial charge in [0.2, 0.25) is 0 Å². The summed E-state index contributed by atoms with van der Waals surface area (Å²) >= 11 is 0. The molecule has 0 aliphatic rings. The Labute approximate surface area is 290 Å². The maximum absolute atomic E-state index is 12.5. The number of phosphoric ester groups is 1. The van der Waals surface area contributed by atoms with E-state index in [-0.39, 0.29) is 25.8 Å². The number of rotatable bonds is 35. The molecule has 278 valence electrons. The Morgan fingerprint density at radius 2 is 1.17 bits per heavy atom. The van der Waals surface area contributed by atoms with E-state index >= 15 is 0 Å². The highest BCUT2D eigenvalue weighted by Crippen LogP contribution is 2.38. The van der Waals surface area contributed by atoms with Crippen LogP contribution in [0.15, 0.2) is 24.3 Å². The van der Waals surface area contributed by atoms with E-state index in [2.05, 4.69) is 38.2 Å². The van der Waals surface area contributed by atoms with Gasteiger partial charge in [-0.25, -0.2) is 0 Å². The lowest BCUT2D eigenvalue weighted by molar-refractivity contribution is -0.870. The fourth-order valence-corrected chi connectivity index (χ4v) is 5.71. The minimum absolute atomic E-state index is 0.0251. The van der Waals surface area contributed by atoms with E-state index in [1.54, 1.807) is 0 Å². The minimum Gasteiger partial charge on any atom is -0.756 e. The molecule has 0 aliphatic carbocycles. The molecule has 0 saturated carbocycles. The van der Waals surface area contributed by atoms with Crippen molar-refractivity contribution >= 4 is 13.8 Å². The van der Waals surface area contributed by atoms with E-state index in [1.165, 1.54) is 83.5 Å². The highest BCUT2D eigenvalue weighted by Gasteiger charge is 2.20. The van der Waals surface area contributed by atoms with Crippen molar-refractivity contribution in [3.63, 3.8) is 0 Å². The van der Waals surface area contributed by atoms with Crippen LogP contribution in [0.5, 0.6) is 0 Å². The fraction of sp³-hybridized carbons (Fsp3) is 0.868. The van der Waals surface area contributed by atoms with E-state index in [4.69, 9.17) is 18.5 Å². The van der Waals surface area contributed by atoms with Gasteiger partial charge in [-0.15, -0.1) is 0 Å². The molecule has 9 heteroatoms. The summed E-state index contributed by atoms with van der Waals surface area (Å²) in [5.41, 5.74) is 0. The standard InChI is InChI=1S/C38H74NO7P/c1-6-8-10-12-14-16-17-18-19-20-21-22-23-24-26-28-30-33-43-35-37(36-45-47(41,42)44-34-32-39(3,4)5)46-38(40)31-29-27-25-15-13-11-9-7-2/h16-17,19-20,37H,6-15,18,21-36H2,1-5H3/b17-16-,20-19-. The Kier molecular flexibility index (Phi) is 31.5. The number of allylic oxidation sites excluding steroid dienone is 4. The number of likely N-dealkylation sites (N-methyl/N-ethyl adjacent to an activating group) is 1. The Bertz CT molecular complexity index is 812. The van der Waals surface area contributed by atoms with Gasteiger partial charge in [0.1, 0.15) is 19.3 Å². The van der Waals surface area contributed by atoms with Gasteiger partial charge in [0.25, 0.3) is 7.82 Å². The van der Waals surface area contributed by atoms with Gasteiger partial charge in [-0.05, 0) is 44.9 Å². The maximum Gasteiger partial charge on any atom is 0.306 e. The monoisotopic (exact) mass is 688 g/mol. The summed E-state index contributed by atoms with van der Waals surface area (Å²) in [4.78, 5) is 24.8. The largest absolute Gasteiger partial charge is 0.756 e. The highest BCUT2D eigenvalue weighted by atomic mass is 31.2. The Morgan fingerprint density at radius 3 is 1.74 bits per heavy atom. The van der Waals surface area contributed by atoms with E-state index in [1.807, 2.05) is 21.1 Å².